The van der Waals surface area contributed by atoms with Crippen molar-refractivity contribution < 1.29 is 0 Å². The highest BCUT2D eigenvalue weighted by Gasteiger charge is 2.43. The van der Waals surface area contributed by atoms with Crippen LogP contribution in [0.3, 0.4) is 0 Å². The van der Waals surface area contributed by atoms with E-state index >= 15 is 0 Å². The summed E-state index contributed by atoms with van der Waals surface area (Å²) in [6, 6.07) is 54.9. The van der Waals surface area contributed by atoms with E-state index in [2.05, 4.69) is 199 Å². The predicted molar refractivity (Wildman–Crippen MR) is 214 cm³/mol. The molecule has 0 saturated heterocycles. The van der Waals surface area contributed by atoms with Gasteiger partial charge in [-0.1, -0.05) is 159 Å². The lowest BCUT2D eigenvalue weighted by atomic mass is 9.81. The van der Waals surface area contributed by atoms with Gasteiger partial charge in [0.05, 0.1) is 6.04 Å². The maximum Gasteiger partial charge on any atom is 0.131 e. The molecule has 2 N–H and O–H groups in total. The van der Waals surface area contributed by atoms with Crippen molar-refractivity contribution in [2.45, 2.75) is 43.6 Å². The Morgan fingerprint density at radius 3 is 2.12 bits per heavy atom. The summed E-state index contributed by atoms with van der Waals surface area (Å²) in [4.78, 5) is 7.86. The number of anilines is 2. The summed E-state index contributed by atoms with van der Waals surface area (Å²) in [7, 11) is 0. The Morgan fingerprint density at radius 2 is 1.33 bits per heavy atom. The quantitative estimate of drug-likeness (QED) is 0.191. The van der Waals surface area contributed by atoms with Crippen LogP contribution in [0.2, 0.25) is 0 Å². The molecule has 4 atom stereocenters. The number of benzene rings is 6. The number of nitrogens with zero attached hydrogens (tertiary/aromatic N) is 2. The molecule has 10 rings (SSSR count). The van der Waals surface area contributed by atoms with Crippen LogP contribution in [0.5, 0.6) is 0 Å². The van der Waals surface area contributed by atoms with Crippen molar-refractivity contribution in [2.24, 2.45) is 4.99 Å². The zero-order chi connectivity index (χ0) is 34.8. The molecule has 2 aliphatic heterocycles. The Labute approximate surface area is 305 Å². The van der Waals surface area contributed by atoms with Gasteiger partial charge in [0.15, 0.2) is 0 Å². The van der Waals surface area contributed by atoms with Gasteiger partial charge >= 0.3 is 0 Å². The van der Waals surface area contributed by atoms with E-state index in [9.17, 15) is 0 Å². The molecule has 4 aliphatic rings. The van der Waals surface area contributed by atoms with Crippen molar-refractivity contribution in [2.75, 3.05) is 4.90 Å². The van der Waals surface area contributed by atoms with E-state index in [0.29, 0.717) is 0 Å². The number of allylic oxidation sites excluding steroid dienone is 2. The van der Waals surface area contributed by atoms with E-state index in [1.54, 1.807) is 0 Å². The molecule has 0 fully saturated rings. The second kappa shape index (κ2) is 12.1. The van der Waals surface area contributed by atoms with Crippen LogP contribution in [0.25, 0.3) is 16.7 Å². The molecule has 0 aromatic heterocycles. The highest BCUT2D eigenvalue weighted by atomic mass is 15.3. The molecule has 252 valence electrons. The second-order valence-corrected chi connectivity index (χ2v) is 14.9. The number of hydrogen-bond donors (Lipinski definition) is 2. The average Bonchev–Trinajstić information content (AvgIpc) is 3.65. The van der Waals surface area contributed by atoms with Crippen LogP contribution in [0.15, 0.2) is 175 Å². The average molecular weight is 673 g/mol. The maximum absolute atomic E-state index is 5.28. The number of aliphatic imine (C=N–C) groups is 1. The minimum absolute atomic E-state index is 0.0862. The smallest absolute Gasteiger partial charge is 0.131 e. The van der Waals surface area contributed by atoms with Crippen molar-refractivity contribution >= 4 is 22.8 Å². The lowest BCUT2D eigenvalue weighted by Crippen LogP contribution is -2.45. The molecule has 0 bridgehead atoms. The Kier molecular flexibility index (Phi) is 7.16. The van der Waals surface area contributed by atoms with Crippen LogP contribution < -0.4 is 15.5 Å². The van der Waals surface area contributed by atoms with E-state index in [4.69, 9.17) is 4.99 Å². The van der Waals surface area contributed by atoms with Gasteiger partial charge in [-0.2, -0.15) is 0 Å². The van der Waals surface area contributed by atoms with Crippen LogP contribution in [0.4, 0.5) is 11.4 Å². The SMILES string of the molecule is CC1(C)c2ccccc2-c2cc3c(cc21)N(c1cccc(C2N=C(c4ccccc4)NC(c4ccccc4)N2)c1)C1C=CC(c2ccccc2)=CC31. The summed E-state index contributed by atoms with van der Waals surface area (Å²) in [5, 5.41) is 7.49. The van der Waals surface area contributed by atoms with Gasteiger partial charge in [-0.3, -0.25) is 5.32 Å². The van der Waals surface area contributed by atoms with Gasteiger partial charge in [0.25, 0.3) is 0 Å². The van der Waals surface area contributed by atoms with Crippen molar-refractivity contribution in [3.8, 4) is 11.1 Å². The third kappa shape index (κ3) is 4.97. The van der Waals surface area contributed by atoms with E-state index in [1.807, 2.05) is 0 Å². The minimum atomic E-state index is -0.237. The largest absolute Gasteiger partial charge is 0.350 e. The summed E-state index contributed by atoms with van der Waals surface area (Å²) >= 11 is 0. The first-order chi connectivity index (χ1) is 25.5. The Morgan fingerprint density at radius 1 is 0.635 bits per heavy atom. The number of hydrogen-bond acceptors (Lipinski definition) is 4. The fourth-order valence-corrected chi connectivity index (χ4v) is 8.85. The van der Waals surface area contributed by atoms with Crippen LogP contribution in [-0.4, -0.2) is 11.9 Å². The zero-order valence-corrected chi connectivity index (χ0v) is 29.4. The number of fused-ring (bicyclic) bond motifs is 6. The first-order valence-electron chi connectivity index (χ1n) is 18.4. The highest BCUT2D eigenvalue weighted by Crippen LogP contribution is 2.56. The third-order valence-corrected chi connectivity index (χ3v) is 11.5. The molecule has 4 heteroatoms. The van der Waals surface area contributed by atoms with Crippen molar-refractivity contribution in [1.82, 2.24) is 10.6 Å². The van der Waals surface area contributed by atoms with Crippen molar-refractivity contribution in [3.63, 3.8) is 0 Å². The van der Waals surface area contributed by atoms with Crippen LogP contribution in [0.1, 0.15) is 71.0 Å². The molecule has 4 unspecified atom stereocenters. The first-order valence-corrected chi connectivity index (χ1v) is 18.4. The molecule has 6 aromatic carbocycles. The van der Waals surface area contributed by atoms with Gasteiger partial charge in [-0.15, -0.1) is 0 Å². The summed E-state index contributed by atoms with van der Waals surface area (Å²) in [5.41, 5.74) is 15.2. The van der Waals surface area contributed by atoms with E-state index in [0.717, 1.165) is 17.0 Å². The summed E-state index contributed by atoms with van der Waals surface area (Å²) in [6.07, 6.45) is 6.91. The molecular formula is C48H40N4. The summed E-state index contributed by atoms with van der Waals surface area (Å²) in [5.74, 6) is 1.10. The Bertz CT molecular complexity index is 2410. The van der Waals surface area contributed by atoms with Crippen molar-refractivity contribution in [3.05, 3.63) is 209 Å². The van der Waals surface area contributed by atoms with Crippen LogP contribution in [0, 0.1) is 0 Å². The van der Waals surface area contributed by atoms with Gasteiger partial charge in [0.2, 0.25) is 0 Å². The van der Waals surface area contributed by atoms with Crippen molar-refractivity contribution in [1.29, 1.82) is 0 Å². The summed E-state index contributed by atoms with van der Waals surface area (Å²) < 4.78 is 0. The van der Waals surface area contributed by atoms with Crippen LogP contribution >= 0.6 is 0 Å². The molecule has 0 saturated carbocycles. The normalized spacial score (nSPS) is 22.0. The highest BCUT2D eigenvalue weighted by molar-refractivity contribution is 5.99. The fraction of sp³-hybridized carbons (Fsp3) is 0.146. The van der Waals surface area contributed by atoms with Gasteiger partial charge in [-0.25, -0.2) is 4.99 Å². The number of amidine groups is 1. The lowest BCUT2D eigenvalue weighted by Gasteiger charge is -2.33. The van der Waals surface area contributed by atoms with E-state index < -0.39 is 0 Å². The molecule has 0 spiro atoms. The molecule has 4 nitrogen and oxygen atoms in total. The molecule has 2 heterocycles. The minimum Gasteiger partial charge on any atom is -0.350 e. The second-order valence-electron chi connectivity index (χ2n) is 14.9. The topological polar surface area (TPSA) is 39.7 Å². The van der Waals surface area contributed by atoms with E-state index in [-0.39, 0.29) is 29.7 Å². The van der Waals surface area contributed by atoms with Gasteiger partial charge in [0.1, 0.15) is 18.2 Å². The number of nitrogens with one attached hydrogen (secondary N) is 2. The fourth-order valence-electron chi connectivity index (χ4n) is 8.85. The zero-order valence-electron chi connectivity index (χ0n) is 29.4. The lowest BCUT2D eigenvalue weighted by molar-refractivity contribution is 0.409. The standard InChI is InChI=1S/C48H40N4/c1-48(2)41-24-13-12-23-37(41)38-29-40-39-28-34(31-15-6-3-7-16-31)25-26-43(39)52(44(40)30-42(38)48)36-22-14-21-35(27-36)47-50-45(32-17-8-4-9-18-32)49-46(51-47)33-19-10-5-11-20-33/h3-30,39,43,45,47,50H,1-2H3,(H,49,51). The van der Waals surface area contributed by atoms with E-state index in [1.165, 1.54) is 55.9 Å². The maximum atomic E-state index is 5.28. The molecular weight excluding hydrogens is 633 g/mol. The third-order valence-electron chi connectivity index (χ3n) is 11.5. The number of rotatable bonds is 5. The van der Waals surface area contributed by atoms with Gasteiger partial charge in [-0.05, 0) is 74.3 Å². The molecule has 0 radical (unpaired) electrons. The molecule has 52 heavy (non-hydrogen) atoms. The molecule has 6 aromatic rings. The molecule has 0 amide bonds. The molecule has 2 aliphatic carbocycles. The summed E-state index contributed by atoms with van der Waals surface area (Å²) in [6.45, 7) is 4.75. The Hall–Kier alpha value is -5.97. The van der Waals surface area contributed by atoms with Gasteiger partial charge in [0, 0.05) is 28.3 Å². The van der Waals surface area contributed by atoms with Gasteiger partial charge < -0.3 is 10.2 Å². The monoisotopic (exact) mass is 672 g/mol. The Balaban J connectivity index is 1.10. The first kappa shape index (κ1) is 30.8. The predicted octanol–water partition coefficient (Wildman–Crippen LogP) is 10.6. The van der Waals surface area contributed by atoms with Crippen LogP contribution in [-0.2, 0) is 5.41 Å².